The molecule has 1 atom stereocenters. The van der Waals surface area contributed by atoms with Gasteiger partial charge in [-0.2, -0.15) is 0 Å². The van der Waals surface area contributed by atoms with E-state index >= 15 is 0 Å². The molecule has 3 N–H and O–H groups in total. The SMILES string of the molecule is CC(Nc1ccc(S(N)(=O)=O)cc1[N+](=O)[O-])c1nc(C(C)(C)C)cs1. The van der Waals surface area contributed by atoms with Crippen molar-refractivity contribution in [2.75, 3.05) is 5.32 Å². The van der Waals surface area contributed by atoms with E-state index in [-0.39, 0.29) is 27.7 Å². The van der Waals surface area contributed by atoms with Crippen molar-refractivity contribution >= 4 is 32.7 Å². The second kappa shape index (κ2) is 6.70. The summed E-state index contributed by atoms with van der Waals surface area (Å²) in [5.74, 6) is 0. The molecule has 1 heterocycles. The van der Waals surface area contributed by atoms with E-state index in [9.17, 15) is 18.5 Å². The molecule has 0 amide bonds. The normalized spacial score (nSPS) is 13.5. The highest BCUT2D eigenvalue weighted by molar-refractivity contribution is 7.89. The Hall–Kier alpha value is -2.04. The monoisotopic (exact) mass is 384 g/mol. The first-order chi connectivity index (χ1) is 11.4. The number of benzene rings is 1. The number of hydrogen-bond donors (Lipinski definition) is 2. The van der Waals surface area contributed by atoms with E-state index in [1.165, 1.54) is 23.5 Å². The number of primary sulfonamides is 1. The Kier molecular flexibility index (Phi) is 5.17. The highest BCUT2D eigenvalue weighted by atomic mass is 32.2. The molecule has 10 heteroatoms. The van der Waals surface area contributed by atoms with Crippen LogP contribution in [0.1, 0.15) is 44.4 Å². The molecule has 1 aromatic heterocycles. The molecule has 0 spiro atoms. The number of hydrogen-bond acceptors (Lipinski definition) is 7. The third kappa shape index (κ3) is 4.53. The van der Waals surface area contributed by atoms with Crippen LogP contribution >= 0.6 is 11.3 Å². The maximum atomic E-state index is 11.4. The topological polar surface area (TPSA) is 128 Å². The largest absolute Gasteiger partial charge is 0.371 e. The Labute approximate surface area is 150 Å². The van der Waals surface area contributed by atoms with Crippen molar-refractivity contribution in [3.05, 3.63) is 44.4 Å². The summed E-state index contributed by atoms with van der Waals surface area (Å²) in [4.78, 5) is 14.9. The molecule has 0 aliphatic rings. The number of sulfonamides is 1. The number of nitro benzene ring substituents is 1. The lowest BCUT2D eigenvalue weighted by atomic mass is 9.93. The van der Waals surface area contributed by atoms with Gasteiger partial charge in [0.05, 0.1) is 21.6 Å². The van der Waals surface area contributed by atoms with Crippen molar-refractivity contribution < 1.29 is 13.3 Å². The predicted octanol–water partition coefficient (Wildman–Crippen LogP) is 3.17. The van der Waals surface area contributed by atoms with Gasteiger partial charge in [-0.25, -0.2) is 18.5 Å². The summed E-state index contributed by atoms with van der Waals surface area (Å²) in [5, 5.41) is 22.1. The van der Waals surface area contributed by atoms with Crippen LogP contribution in [0.15, 0.2) is 28.5 Å². The molecule has 2 rings (SSSR count). The van der Waals surface area contributed by atoms with Crippen LogP contribution in [0.25, 0.3) is 0 Å². The van der Waals surface area contributed by atoms with Gasteiger partial charge in [-0.15, -0.1) is 11.3 Å². The molecule has 136 valence electrons. The second-order valence-electron chi connectivity index (χ2n) is 6.67. The van der Waals surface area contributed by atoms with Gasteiger partial charge in [0, 0.05) is 16.9 Å². The first kappa shape index (κ1) is 19.3. The van der Waals surface area contributed by atoms with Crippen LogP contribution in [0.5, 0.6) is 0 Å². The van der Waals surface area contributed by atoms with E-state index in [0.29, 0.717) is 0 Å². The summed E-state index contributed by atoms with van der Waals surface area (Å²) in [6.07, 6.45) is 0. The molecule has 25 heavy (non-hydrogen) atoms. The predicted molar refractivity (Wildman–Crippen MR) is 97.3 cm³/mol. The number of thiazole rings is 1. The lowest BCUT2D eigenvalue weighted by molar-refractivity contribution is -0.384. The highest BCUT2D eigenvalue weighted by Gasteiger charge is 2.23. The molecule has 0 saturated heterocycles. The van der Waals surface area contributed by atoms with Crippen LogP contribution in [0.4, 0.5) is 11.4 Å². The van der Waals surface area contributed by atoms with Crippen molar-refractivity contribution in [1.29, 1.82) is 0 Å². The minimum atomic E-state index is -4.01. The van der Waals surface area contributed by atoms with E-state index in [2.05, 4.69) is 31.1 Å². The van der Waals surface area contributed by atoms with Gasteiger partial charge in [0.2, 0.25) is 10.0 Å². The van der Waals surface area contributed by atoms with E-state index in [1.54, 1.807) is 0 Å². The minimum absolute atomic E-state index is 0.0857. The van der Waals surface area contributed by atoms with Crippen molar-refractivity contribution in [3.63, 3.8) is 0 Å². The third-order valence-corrected chi connectivity index (χ3v) is 5.47. The number of nitrogens with zero attached hydrogens (tertiary/aromatic N) is 2. The minimum Gasteiger partial charge on any atom is -0.371 e. The van der Waals surface area contributed by atoms with Gasteiger partial charge in [-0.05, 0) is 19.1 Å². The third-order valence-electron chi connectivity index (χ3n) is 3.53. The fourth-order valence-corrected chi connectivity index (χ4v) is 3.67. The van der Waals surface area contributed by atoms with Gasteiger partial charge in [-0.1, -0.05) is 20.8 Å². The second-order valence-corrected chi connectivity index (χ2v) is 9.12. The maximum absolute atomic E-state index is 11.4. The summed E-state index contributed by atoms with van der Waals surface area (Å²) in [7, 11) is -4.01. The summed E-state index contributed by atoms with van der Waals surface area (Å²) in [6, 6.07) is 3.25. The molecule has 0 bridgehead atoms. The number of nitrogens with one attached hydrogen (secondary N) is 1. The van der Waals surface area contributed by atoms with Crippen LogP contribution < -0.4 is 10.5 Å². The average Bonchev–Trinajstić information content (AvgIpc) is 2.96. The Morgan fingerprint density at radius 1 is 1.36 bits per heavy atom. The molecule has 8 nitrogen and oxygen atoms in total. The van der Waals surface area contributed by atoms with Crippen molar-refractivity contribution in [1.82, 2.24) is 4.98 Å². The Morgan fingerprint density at radius 3 is 2.48 bits per heavy atom. The van der Waals surface area contributed by atoms with Crippen LogP contribution in [0.2, 0.25) is 0 Å². The smallest absolute Gasteiger partial charge is 0.293 e. The van der Waals surface area contributed by atoms with Crippen LogP contribution in [0, 0.1) is 10.1 Å². The lowest BCUT2D eigenvalue weighted by Crippen LogP contribution is -2.14. The standard InChI is InChI=1S/C15H20N4O4S2/c1-9(14-18-13(8-24-14)15(2,3)4)17-11-6-5-10(25(16,22)23)7-12(11)19(20)21/h5-9,17H,1-4H3,(H2,16,22,23). The fourth-order valence-electron chi connectivity index (χ4n) is 2.09. The molecule has 0 radical (unpaired) electrons. The zero-order valence-corrected chi connectivity index (χ0v) is 15.9. The lowest BCUT2D eigenvalue weighted by Gasteiger charge is -2.16. The van der Waals surface area contributed by atoms with E-state index < -0.39 is 14.9 Å². The van der Waals surface area contributed by atoms with Crippen LogP contribution in [0.3, 0.4) is 0 Å². The average molecular weight is 384 g/mol. The molecular weight excluding hydrogens is 364 g/mol. The van der Waals surface area contributed by atoms with Gasteiger partial charge < -0.3 is 5.32 Å². The van der Waals surface area contributed by atoms with Crippen LogP contribution in [-0.4, -0.2) is 18.3 Å². The summed E-state index contributed by atoms with van der Waals surface area (Å²) in [5.41, 5.74) is 0.709. The van der Waals surface area contributed by atoms with Crippen LogP contribution in [-0.2, 0) is 15.4 Å². The summed E-state index contributed by atoms with van der Waals surface area (Å²) >= 11 is 1.47. The fraction of sp³-hybridized carbons (Fsp3) is 0.400. The number of anilines is 1. The zero-order chi connectivity index (χ0) is 19.0. The Bertz CT molecular complexity index is 900. The van der Waals surface area contributed by atoms with E-state index in [0.717, 1.165) is 16.8 Å². The molecule has 0 aliphatic heterocycles. The highest BCUT2D eigenvalue weighted by Crippen LogP contribution is 2.32. The maximum Gasteiger partial charge on any atom is 0.293 e. The van der Waals surface area contributed by atoms with Crippen molar-refractivity contribution in [2.24, 2.45) is 5.14 Å². The first-order valence-corrected chi connectivity index (χ1v) is 9.86. The molecular formula is C15H20N4O4S2. The molecule has 0 fully saturated rings. The summed E-state index contributed by atoms with van der Waals surface area (Å²) < 4.78 is 22.8. The van der Waals surface area contributed by atoms with E-state index in [1.807, 2.05) is 12.3 Å². The molecule has 0 saturated carbocycles. The quantitative estimate of drug-likeness (QED) is 0.602. The van der Waals surface area contributed by atoms with Gasteiger partial charge >= 0.3 is 0 Å². The number of rotatable bonds is 5. The van der Waals surface area contributed by atoms with Crippen molar-refractivity contribution in [2.45, 2.75) is 44.0 Å². The first-order valence-electron chi connectivity index (χ1n) is 7.43. The molecule has 1 unspecified atom stereocenters. The Balaban J connectivity index is 2.33. The van der Waals surface area contributed by atoms with Gasteiger partial charge in [0.25, 0.3) is 5.69 Å². The number of aromatic nitrogens is 1. The van der Waals surface area contributed by atoms with Gasteiger partial charge in [-0.3, -0.25) is 10.1 Å². The molecule has 2 aromatic rings. The summed E-state index contributed by atoms with van der Waals surface area (Å²) in [6.45, 7) is 8.00. The van der Waals surface area contributed by atoms with Gasteiger partial charge in [0.1, 0.15) is 10.7 Å². The van der Waals surface area contributed by atoms with Gasteiger partial charge in [0.15, 0.2) is 0 Å². The number of nitro groups is 1. The Morgan fingerprint density at radius 2 is 2.00 bits per heavy atom. The zero-order valence-electron chi connectivity index (χ0n) is 14.3. The molecule has 1 aromatic carbocycles. The molecule has 0 aliphatic carbocycles. The van der Waals surface area contributed by atoms with Crippen molar-refractivity contribution in [3.8, 4) is 0 Å². The number of nitrogens with two attached hydrogens (primary N) is 1. The van der Waals surface area contributed by atoms with E-state index in [4.69, 9.17) is 5.14 Å².